The molecule has 0 bridgehead atoms. The molecular formula is C23H22ClN3O5. The molecule has 4 N–H and O–H groups in total. The zero-order valence-electron chi connectivity index (χ0n) is 17.1. The SMILES string of the molecule is O=C(O)CCCNC(=O)[C@H](Cc1cc(=O)[nH]c2ccccc12)NC(=O)c1ccc(Cl)cc1. The summed E-state index contributed by atoms with van der Waals surface area (Å²) in [4.78, 5) is 51.1. The van der Waals surface area contributed by atoms with Crippen molar-refractivity contribution >= 4 is 40.3 Å². The predicted octanol–water partition coefficient (Wildman–Crippen LogP) is 2.50. The van der Waals surface area contributed by atoms with Crippen LogP contribution in [0.15, 0.2) is 59.4 Å². The first kappa shape index (κ1) is 23.0. The van der Waals surface area contributed by atoms with Crippen LogP contribution in [0.5, 0.6) is 0 Å². The Morgan fingerprint density at radius 3 is 2.50 bits per heavy atom. The summed E-state index contributed by atoms with van der Waals surface area (Å²) in [7, 11) is 0. The predicted molar refractivity (Wildman–Crippen MR) is 121 cm³/mol. The van der Waals surface area contributed by atoms with Crippen molar-refractivity contribution in [1.29, 1.82) is 0 Å². The number of pyridine rings is 1. The summed E-state index contributed by atoms with van der Waals surface area (Å²) in [5.41, 5.74) is 1.24. The molecule has 0 unspecified atom stereocenters. The van der Waals surface area contributed by atoms with Crippen LogP contribution in [0.1, 0.15) is 28.8 Å². The van der Waals surface area contributed by atoms with Crippen LogP contribution >= 0.6 is 11.6 Å². The molecule has 3 aromatic rings. The molecule has 32 heavy (non-hydrogen) atoms. The first-order valence-electron chi connectivity index (χ1n) is 10.0. The molecule has 2 aromatic carbocycles. The molecule has 3 rings (SSSR count). The minimum atomic E-state index is -0.979. The van der Waals surface area contributed by atoms with Crippen molar-refractivity contribution in [1.82, 2.24) is 15.6 Å². The highest BCUT2D eigenvalue weighted by atomic mass is 35.5. The van der Waals surface area contributed by atoms with Crippen molar-refractivity contribution in [3.8, 4) is 0 Å². The fourth-order valence-corrected chi connectivity index (χ4v) is 3.42. The second-order valence-electron chi connectivity index (χ2n) is 7.23. The molecule has 0 spiro atoms. The minimum Gasteiger partial charge on any atom is -0.481 e. The summed E-state index contributed by atoms with van der Waals surface area (Å²) >= 11 is 5.87. The number of carboxylic acid groups (broad SMARTS) is 1. The van der Waals surface area contributed by atoms with Crippen molar-refractivity contribution in [2.75, 3.05) is 6.54 Å². The summed E-state index contributed by atoms with van der Waals surface area (Å²) in [6.07, 6.45) is 0.252. The van der Waals surface area contributed by atoms with E-state index in [-0.39, 0.29) is 31.4 Å². The molecule has 0 saturated heterocycles. The van der Waals surface area contributed by atoms with Gasteiger partial charge in [0.15, 0.2) is 0 Å². The van der Waals surface area contributed by atoms with E-state index in [0.29, 0.717) is 21.7 Å². The zero-order chi connectivity index (χ0) is 23.1. The van der Waals surface area contributed by atoms with E-state index in [2.05, 4.69) is 15.6 Å². The number of aromatic amines is 1. The number of hydrogen-bond acceptors (Lipinski definition) is 4. The van der Waals surface area contributed by atoms with E-state index in [1.807, 2.05) is 12.1 Å². The van der Waals surface area contributed by atoms with Crippen molar-refractivity contribution in [2.24, 2.45) is 0 Å². The van der Waals surface area contributed by atoms with Crippen LogP contribution in [-0.2, 0) is 16.0 Å². The highest BCUT2D eigenvalue weighted by molar-refractivity contribution is 6.30. The molecule has 0 radical (unpaired) electrons. The number of fused-ring (bicyclic) bond motifs is 1. The molecule has 9 heteroatoms. The van der Waals surface area contributed by atoms with E-state index >= 15 is 0 Å². The van der Waals surface area contributed by atoms with E-state index in [0.717, 1.165) is 5.39 Å². The summed E-state index contributed by atoms with van der Waals surface area (Å²) in [6, 6.07) is 13.8. The molecule has 0 aliphatic rings. The number of amides is 2. The fourth-order valence-electron chi connectivity index (χ4n) is 3.29. The highest BCUT2D eigenvalue weighted by Crippen LogP contribution is 2.17. The van der Waals surface area contributed by atoms with Gasteiger partial charge >= 0.3 is 5.97 Å². The lowest BCUT2D eigenvalue weighted by atomic mass is 10.0. The van der Waals surface area contributed by atoms with E-state index in [9.17, 15) is 19.2 Å². The lowest BCUT2D eigenvalue weighted by molar-refractivity contribution is -0.137. The third-order valence-corrected chi connectivity index (χ3v) is 5.11. The summed E-state index contributed by atoms with van der Waals surface area (Å²) in [6.45, 7) is 0.147. The van der Waals surface area contributed by atoms with Gasteiger partial charge in [-0.15, -0.1) is 0 Å². The maximum absolute atomic E-state index is 12.9. The van der Waals surface area contributed by atoms with Gasteiger partial charge in [0, 0.05) is 46.9 Å². The number of aliphatic carboxylic acids is 1. The van der Waals surface area contributed by atoms with Crippen LogP contribution in [0.25, 0.3) is 10.9 Å². The second kappa shape index (κ2) is 10.6. The van der Waals surface area contributed by atoms with Crippen molar-refractivity contribution < 1.29 is 19.5 Å². The molecule has 8 nitrogen and oxygen atoms in total. The average molecular weight is 456 g/mol. The largest absolute Gasteiger partial charge is 0.481 e. The van der Waals surface area contributed by atoms with Crippen LogP contribution < -0.4 is 16.2 Å². The summed E-state index contributed by atoms with van der Waals surface area (Å²) in [5, 5.41) is 15.4. The van der Waals surface area contributed by atoms with Gasteiger partial charge in [-0.05, 0) is 42.3 Å². The Labute approximate surface area is 188 Å². The van der Waals surface area contributed by atoms with Crippen LogP contribution in [0.3, 0.4) is 0 Å². The Kier molecular flexibility index (Phi) is 7.62. The molecule has 0 aliphatic carbocycles. The lowest BCUT2D eigenvalue weighted by Gasteiger charge is -2.19. The Balaban J connectivity index is 1.84. The summed E-state index contributed by atoms with van der Waals surface area (Å²) < 4.78 is 0. The first-order valence-corrected chi connectivity index (χ1v) is 10.4. The number of carboxylic acids is 1. The minimum absolute atomic E-state index is 0.0779. The van der Waals surface area contributed by atoms with Crippen molar-refractivity contribution in [2.45, 2.75) is 25.3 Å². The molecule has 0 saturated carbocycles. The number of nitrogens with one attached hydrogen (secondary N) is 3. The van der Waals surface area contributed by atoms with E-state index in [4.69, 9.17) is 16.7 Å². The molecule has 1 aromatic heterocycles. The van der Waals surface area contributed by atoms with Gasteiger partial charge in [-0.25, -0.2) is 0 Å². The Hall–Kier alpha value is -3.65. The third-order valence-electron chi connectivity index (χ3n) is 4.86. The molecule has 2 amide bonds. The standard InChI is InChI=1S/C23H22ClN3O5/c24-16-9-7-14(8-10-16)22(31)27-19(23(32)25-11-3-6-21(29)30)12-15-13-20(28)26-18-5-2-1-4-17(15)18/h1-2,4-5,7-10,13,19H,3,6,11-12H2,(H,25,32)(H,26,28)(H,27,31)(H,29,30)/t19-/m0/s1. The molecule has 0 aliphatic heterocycles. The van der Waals surface area contributed by atoms with Gasteiger partial charge in [-0.1, -0.05) is 29.8 Å². The molecular weight excluding hydrogens is 434 g/mol. The Bertz CT molecular complexity index is 1190. The zero-order valence-corrected chi connectivity index (χ0v) is 17.8. The second-order valence-corrected chi connectivity index (χ2v) is 7.67. The van der Waals surface area contributed by atoms with Gasteiger partial charge in [0.2, 0.25) is 11.5 Å². The van der Waals surface area contributed by atoms with Gasteiger partial charge in [0.25, 0.3) is 5.91 Å². The molecule has 1 atom stereocenters. The van der Waals surface area contributed by atoms with Gasteiger partial charge in [-0.2, -0.15) is 0 Å². The van der Waals surface area contributed by atoms with Crippen LogP contribution in [0.4, 0.5) is 0 Å². The van der Waals surface area contributed by atoms with Crippen LogP contribution in [0, 0.1) is 0 Å². The van der Waals surface area contributed by atoms with Gasteiger partial charge in [0.1, 0.15) is 6.04 Å². The quantitative estimate of drug-likeness (QED) is 0.368. The normalized spacial score (nSPS) is 11.7. The smallest absolute Gasteiger partial charge is 0.303 e. The Morgan fingerprint density at radius 2 is 1.78 bits per heavy atom. The maximum atomic E-state index is 12.9. The number of rotatable bonds is 9. The number of halogens is 1. The van der Waals surface area contributed by atoms with Gasteiger partial charge in [-0.3, -0.25) is 19.2 Å². The monoisotopic (exact) mass is 455 g/mol. The number of benzene rings is 2. The Morgan fingerprint density at radius 1 is 1.06 bits per heavy atom. The van der Waals surface area contributed by atoms with Gasteiger partial charge in [0.05, 0.1) is 0 Å². The average Bonchev–Trinajstić information content (AvgIpc) is 2.76. The van der Waals surface area contributed by atoms with E-state index in [1.165, 1.54) is 6.07 Å². The van der Waals surface area contributed by atoms with Crippen LogP contribution in [0.2, 0.25) is 5.02 Å². The molecule has 1 heterocycles. The van der Waals surface area contributed by atoms with E-state index < -0.39 is 23.8 Å². The third kappa shape index (κ3) is 6.18. The van der Waals surface area contributed by atoms with Gasteiger partial charge < -0.3 is 20.7 Å². The number of carbonyl (C=O) groups excluding carboxylic acids is 2. The van der Waals surface area contributed by atoms with Crippen molar-refractivity contribution in [3.63, 3.8) is 0 Å². The molecule has 0 fully saturated rings. The number of H-pyrrole nitrogens is 1. The first-order chi connectivity index (χ1) is 15.3. The number of para-hydroxylation sites is 1. The topological polar surface area (TPSA) is 128 Å². The maximum Gasteiger partial charge on any atom is 0.303 e. The van der Waals surface area contributed by atoms with Crippen LogP contribution in [-0.4, -0.2) is 40.5 Å². The fraction of sp³-hybridized carbons (Fsp3) is 0.217. The van der Waals surface area contributed by atoms with E-state index in [1.54, 1.807) is 36.4 Å². The highest BCUT2D eigenvalue weighted by Gasteiger charge is 2.23. The summed E-state index contributed by atoms with van der Waals surface area (Å²) in [5.74, 6) is -1.90. The number of carbonyl (C=O) groups is 3. The molecule has 166 valence electrons. The number of aromatic nitrogens is 1. The number of hydrogen-bond donors (Lipinski definition) is 4. The van der Waals surface area contributed by atoms with Crippen molar-refractivity contribution in [3.05, 3.63) is 81.1 Å². The lowest BCUT2D eigenvalue weighted by Crippen LogP contribution is -2.48.